The molecule has 0 spiro atoms. The maximum atomic E-state index is 3.53. The van der Waals surface area contributed by atoms with Crippen molar-refractivity contribution in [2.75, 3.05) is 11.9 Å². The van der Waals surface area contributed by atoms with Gasteiger partial charge in [-0.2, -0.15) is 0 Å². The highest BCUT2D eigenvalue weighted by molar-refractivity contribution is 5.43. The normalized spacial score (nSPS) is 24.9. The van der Waals surface area contributed by atoms with Crippen LogP contribution in [0.3, 0.4) is 0 Å². The lowest BCUT2D eigenvalue weighted by atomic mass is 10.0. The Morgan fingerprint density at radius 3 is 2.57 bits per heavy atom. The highest BCUT2D eigenvalue weighted by atomic mass is 15.1. The van der Waals surface area contributed by atoms with Crippen molar-refractivity contribution in [1.82, 2.24) is 5.32 Å². The Labute approximate surface area is 85.7 Å². The number of anilines is 1. The summed E-state index contributed by atoms with van der Waals surface area (Å²) in [7, 11) is 0. The molecule has 2 rings (SSSR count). The van der Waals surface area contributed by atoms with Crippen molar-refractivity contribution in [3.8, 4) is 0 Å². The van der Waals surface area contributed by atoms with Gasteiger partial charge in [0.1, 0.15) is 0 Å². The molecule has 1 aliphatic rings. The molecule has 1 fully saturated rings. The van der Waals surface area contributed by atoms with E-state index in [0.717, 1.165) is 6.54 Å². The van der Waals surface area contributed by atoms with Gasteiger partial charge < -0.3 is 10.6 Å². The summed E-state index contributed by atoms with van der Waals surface area (Å²) in [5, 5.41) is 7.04. The van der Waals surface area contributed by atoms with Gasteiger partial charge in [0, 0.05) is 23.8 Å². The number of rotatable bonds is 2. The number of nitrogens with one attached hydrogen (secondary N) is 2. The summed E-state index contributed by atoms with van der Waals surface area (Å²) in [5.74, 6) is 0. The maximum absolute atomic E-state index is 3.53. The minimum Gasteiger partial charge on any atom is -0.381 e. The first-order valence-electron chi connectivity index (χ1n) is 5.22. The fourth-order valence-electron chi connectivity index (χ4n) is 2.03. The Morgan fingerprint density at radius 2 is 2.00 bits per heavy atom. The summed E-state index contributed by atoms with van der Waals surface area (Å²) in [4.78, 5) is 0. The summed E-state index contributed by atoms with van der Waals surface area (Å²) in [6, 6.07) is 11.0. The third-order valence-electron chi connectivity index (χ3n) is 2.73. The first-order valence-corrected chi connectivity index (χ1v) is 5.22. The van der Waals surface area contributed by atoms with Crippen molar-refractivity contribution >= 4 is 5.69 Å². The first kappa shape index (κ1) is 9.53. The molecule has 0 aromatic heterocycles. The monoisotopic (exact) mass is 190 g/mol. The number of hydrogen-bond acceptors (Lipinski definition) is 2. The lowest BCUT2D eigenvalue weighted by Gasteiger charge is -2.18. The van der Waals surface area contributed by atoms with Crippen LogP contribution in [0, 0.1) is 0 Å². The molecular weight excluding hydrogens is 172 g/mol. The highest BCUT2D eigenvalue weighted by Gasteiger charge is 2.29. The second kappa shape index (κ2) is 3.62. The van der Waals surface area contributed by atoms with Crippen LogP contribution in [0.4, 0.5) is 5.69 Å². The van der Waals surface area contributed by atoms with E-state index in [2.05, 4.69) is 48.7 Å². The van der Waals surface area contributed by atoms with Crippen LogP contribution in [-0.2, 0) is 0 Å². The van der Waals surface area contributed by atoms with Gasteiger partial charge in [-0.1, -0.05) is 18.2 Å². The van der Waals surface area contributed by atoms with Crippen LogP contribution in [0.2, 0.25) is 0 Å². The van der Waals surface area contributed by atoms with Gasteiger partial charge in [0.2, 0.25) is 0 Å². The van der Waals surface area contributed by atoms with E-state index in [9.17, 15) is 0 Å². The molecular formula is C12H18N2. The topological polar surface area (TPSA) is 24.1 Å². The largest absolute Gasteiger partial charge is 0.381 e. The minimum atomic E-state index is 0.284. The van der Waals surface area contributed by atoms with Crippen molar-refractivity contribution in [3.63, 3.8) is 0 Å². The van der Waals surface area contributed by atoms with Crippen molar-refractivity contribution in [3.05, 3.63) is 30.3 Å². The highest BCUT2D eigenvalue weighted by Crippen LogP contribution is 2.20. The smallest absolute Gasteiger partial charge is 0.0403 e. The molecule has 1 unspecified atom stereocenters. The average molecular weight is 190 g/mol. The molecule has 0 saturated carbocycles. The van der Waals surface area contributed by atoms with Gasteiger partial charge in [-0.25, -0.2) is 0 Å². The lowest BCUT2D eigenvalue weighted by Crippen LogP contribution is -2.31. The maximum Gasteiger partial charge on any atom is 0.0403 e. The van der Waals surface area contributed by atoms with E-state index < -0.39 is 0 Å². The van der Waals surface area contributed by atoms with Crippen molar-refractivity contribution in [1.29, 1.82) is 0 Å². The van der Waals surface area contributed by atoms with E-state index in [4.69, 9.17) is 0 Å². The van der Waals surface area contributed by atoms with E-state index in [-0.39, 0.29) is 5.54 Å². The zero-order chi connectivity index (χ0) is 10.0. The van der Waals surface area contributed by atoms with Crippen LogP contribution in [-0.4, -0.2) is 18.1 Å². The zero-order valence-electron chi connectivity index (χ0n) is 8.88. The zero-order valence-corrected chi connectivity index (χ0v) is 8.88. The molecule has 1 saturated heterocycles. The summed E-state index contributed by atoms with van der Waals surface area (Å²) >= 11 is 0. The van der Waals surface area contributed by atoms with Gasteiger partial charge in [0.15, 0.2) is 0 Å². The number of hydrogen-bond donors (Lipinski definition) is 2. The molecule has 1 aliphatic heterocycles. The van der Waals surface area contributed by atoms with Gasteiger partial charge in [-0.05, 0) is 32.4 Å². The number of benzene rings is 1. The molecule has 2 nitrogen and oxygen atoms in total. The summed E-state index contributed by atoms with van der Waals surface area (Å²) in [6.45, 7) is 5.56. The van der Waals surface area contributed by atoms with E-state index in [1.807, 2.05) is 6.07 Å². The van der Waals surface area contributed by atoms with Gasteiger partial charge in [-0.15, -0.1) is 0 Å². The fraction of sp³-hybridized carbons (Fsp3) is 0.500. The Balaban J connectivity index is 1.94. The van der Waals surface area contributed by atoms with Gasteiger partial charge >= 0.3 is 0 Å². The molecule has 1 aromatic carbocycles. The van der Waals surface area contributed by atoms with Crippen molar-refractivity contribution in [2.45, 2.75) is 31.8 Å². The lowest BCUT2D eigenvalue weighted by molar-refractivity contribution is 0.457. The van der Waals surface area contributed by atoms with Crippen molar-refractivity contribution in [2.24, 2.45) is 0 Å². The third kappa shape index (κ3) is 2.26. The predicted molar refractivity (Wildman–Crippen MR) is 60.6 cm³/mol. The van der Waals surface area contributed by atoms with Crippen LogP contribution in [0.25, 0.3) is 0 Å². The standard InChI is InChI=1S/C12H18N2/c1-12(2)8-11(9-13-12)14-10-6-4-3-5-7-10/h3-7,11,13-14H,8-9H2,1-2H3. The van der Waals surface area contributed by atoms with Crippen LogP contribution < -0.4 is 10.6 Å². The summed E-state index contributed by atoms with van der Waals surface area (Å²) in [5.41, 5.74) is 1.50. The van der Waals surface area contributed by atoms with Crippen LogP contribution in [0.1, 0.15) is 20.3 Å². The van der Waals surface area contributed by atoms with Crippen molar-refractivity contribution < 1.29 is 0 Å². The summed E-state index contributed by atoms with van der Waals surface area (Å²) < 4.78 is 0. The third-order valence-corrected chi connectivity index (χ3v) is 2.73. The van der Waals surface area contributed by atoms with Crippen LogP contribution in [0.5, 0.6) is 0 Å². The first-order chi connectivity index (χ1) is 6.66. The SMILES string of the molecule is CC1(C)CC(Nc2ccccc2)CN1. The molecule has 2 N–H and O–H groups in total. The van der Waals surface area contributed by atoms with Crippen LogP contribution in [0.15, 0.2) is 30.3 Å². The molecule has 1 heterocycles. The predicted octanol–water partition coefficient (Wildman–Crippen LogP) is 2.24. The minimum absolute atomic E-state index is 0.284. The van der Waals surface area contributed by atoms with Crippen LogP contribution >= 0.6 is 0 Å². The Morgan fingerprint density at radius 1 is 1.29 bits per heavy atom. The molecule has 1 atom stereocenters. The van der Waals surface area contributed by atoms with Gasteiger partial charge in [0.05, 0.1) is 0 Å². The quantitative estimate of drug-likeness (QED) is 0.747. The van der Waals surface area contributed by atoms with E-state index in [1.165, 1.54) is 12.1 Å². The number of para-hydroxylation sites is 1. The Kier molecular flexibility index (Phi) is 2.46. The van der Waals surface area contributed by atoms with E-state index in [1.54, 1.807) is 0 Å². The molecule has 2 heteroatoms. The van der Waals surface area contributed by atoms with E-state index in [0.29, 0.717) is 6.04 Å². The van der Waals surface area contributed by atoms with Gasteiger partial charge in [0.25, 0.3) is 0 Å². The fourth-order valence-corrected chi connectivity index (χ4v) is 2.03. The average Bonchev–Trinajstić information content (AvgIpc) is 2.47. The molecule has 0 radical (unpaired) electrons. The Hall–Kier alpha value is -1.02. The molecule has 1 aromatic rings. The molecule has 76 valence electrons. The van der Waals surface area contributed by atoms with Gasteiger partial charge in [-0.3, -0.25) is 0 Å². The second-order valence-corrected chi connectivity index (χ2v) is 4.68. The molecule has 0 amide bonds. The Bertz CT molecular complexity index is 292. The molecule has 0 bridgehead atoms. The molecule has 14 heavy (non-hydrogen) atoms. The second-order valence-electron chi connectivity index (χ2n) is 4.68. The van der Waals surface area contributed by atoms with E-state index >= 15 is 0 Å². The summed E-state index contributed by atoms with van der Waals surface area (Å²) in [6.07, 6.45) is 1.18. The molecule has 0 aliphatic carbocycles.